The molecule has 2 aromatic carbocycles. The molecule has 0 atom stereocenters. The van der Waals surface area contributed by atoms with Crippen LogP contribution in [0.2, 0.25) is 0 Å². The van der Waals surface area contributed by atoms with Gasteiger partial charge in [-0.05, 0) is 42.8 Å². The Labute approximate surface area is 112 Å². The van der Waals surface area contributed by atoms with E-state index in [1.165, 1.54) is 12.1 Å². The second-order valence-corrected chi connectivity index (χ2v) is 4.40. The van der Waals surface area contributed by atoms with Crippen molar-refractivity contribution in [1.82, 2.24) is 0 Å². The Balaban J connectivity index is 2.16. The van der Waals surface area contributed by atoms with Crippen LogP contribution in [0.1, 0.15) is 11.1 Å². The van der Waals surface area contributed by atoms with Crippen LogP contribution in [-0.2, 0) is 6.54 Å². The normalized spacial score (nSPS) is 10.3. The Morgan fingerprint density at radius 2 is 2.00 bits per heavy atom. The first-order valence-electron chi connectivity index (χ1n) is 6.02. The highest BCUT2D eigenvalue weighted by molar-refractivity contribution is 5.67. The zero-order valence-corrected chi connectivity index (χ0v) is 11.0. The fourth-order valence-corrected chi connectivity index (χ4v) is 1.92. The second kappa shape index (κ2) is 5.61. The smallest absolute Gasteiger partial charge is 0.124 e. The summed E-state index contributed by atoms with van der Waals surface area (Å²) in [5.74, 6) is 0.370. The first-order chi connectivity index (χ1) is 9.10. The maximum Gasteiger partial charge on any atom is 0.124 e. The van der Waals surface area contributed by atoms with Gasteiger partial charge in [-0.15, -0.1) is 0 Å². The molecule has 0 fully saturated rings. The highest BCUT2D eigenvalue weighted by Crippen LogP contribution is 2.23. The summed E-state index contributed by atoms with van der Waals surface area (Å²) in [5, 5.41) is 3.19. The van der Waals surface area contributed by atoms with Gasteiger partial charge in [0.05, 0.1) is 18.5 Å². The van der Waals surface area contributed by atoms with E-state index in [-0.39, 0.29) is 5.82 Å². The molecule has 19 heavy (non-hydrogen) atoms. The lowest BCUT2D eigenvalue weighted by Gasteiger charge is -2.12. The van der Waals surface area contributed by atoms with Crippen LogP contribution in [0.25, 0.3) is 0 Å². The maximum absolute atomic E-state index is 13.2. The monoisotopic (exact) mass is 260 g/mol. The summed E-state index contributed by atoms with van der Waals surface area (Å²) in [6.07, 6.45) is 0. The molecule has 3 N–H and O–H groups in total. The van der Waals surface area contributed by atoms with Gasteiger partial charge in [-0.2, -0.15) is 0 Å². The molecular formula is C15H17FN2O. The van der Waals surface area contributed by atoms with Gasteiger partial charge in [0.1, 0.15) is 11.6 Å². The number of nitrogens with two attached hydrogens (primary N) is 1. The van der Waals surface area contributed by atoms with E-state index < -0.39 is 0 Å². The topological polar surface area (TPSA) is 47.3 Å². The Kier molecular flexibility index (Phi) is 3.90. The number of ether oxygens (including phenoxy) is 1. The molecular weight excluding hydrogens is 243 g/mol. The number of anilines is 2. The van der Waals surface area contributed by atoms with Gasteiger partial charge in [0.2, 0.25) is 0 Å². The van der Waals surface area contributed by atoms with Crippen molar-refractivity contribution in [2.45, 2.75) is 13.5 Å². The molecule has 0 heterocycles. The van der Waals surface area contributed by atoms with Crippen molar-refractivity contribution in [3.8, 4) is 5.75 Å². The fraction of sp³-hybridized carbons (Fsp3) is 0.200. The van der Waals surface area contributed by atoms with Crippen molar-refractivity contribution in [3.63, 3.8) is 0 Å². The van der Waals surface area contributed by atoms with Crippen molar-refractivity contribution in [2.24, 2.45) is 0 Å². The van der Waals surface area contributed by atoms with E-state index in [1.807, 2.05) is 25.1 Å². The van der Waals surface area contributed by atoms with Gasteiger partial charge >= 0.3 is 0 Å². The minimum atomic E-state index is -0.283. The Morgan fingerprint density at radius 3 is 2.68 bits per heavy atom. The van der Waals surface area contributed by atoms with Crippen molar-refractivity contribution in [2.75, 3.05) is 18.2 Å². The van der Waals surface area contributed by atoms with Crippen molar-refractivity contribution >= 4 is 11.4 Å². The largest absolute Gasteiger partial charge is 0.496 e. The molecule has 0 unspecified atom stereocenters. The van der Waals surface area contributed by atoms with Crippen LogP contribution in [-0.4, -0.2) is 7.11 Å². The van der Waals surface area contributed by atoms with Crippen LogP contribution in [0.5, 0.6) is 5.75 Å². The summed E-state index contributed by atoms with van der Waals surface area (Å²) in [6, 6.07) is 10.2. The van der Waals surface area contributed by atoms with Gasteiger partial charge in [-0.1, -0.05) is 6.07 Å². The van der Waals surface area contributed by atoms with Crippen molar-refractivity contribution < 1.29 is 9.13 Å². The van der Waals surface area contributed by atoms with E-state index in [0.29, 0.717) is 18.0 Å². The number of nitrogens with one attached hydrogen (secondary N) is 1. The molecule has 2 rings (SSSR count). The number of hydrogen-bond donors (Lipinski definition) is 2. The van der Waals surface area contributed by atoms with E-state index in [9.17, 15) is 4.39 Å². The molecule has 0 aliphatic carbocycles. The number of hydrogen-bond acceptors (Lipinski definition) is 3. The molecule has 0 saturated carbocycles. The van der Waals surface area contributed by atoms with Gasteiger partial charge in [-0.25, -0.2) is 4.39 Å². The zero-order chi connectivity index (χ0) is 13.8. The van der Waals surface area contributed by atoms with Crippen LogP contribution < -0.4 is 15.8 Å². The SMILES string of the molecule is COc1ccc(F)cc1CNc1ccc(C)cc1N. The van der Waals surface area contributed by atoms with Crippen LogP contribution in [0.3, 0.4) is 0 Å². The molecule has 2 aromatic rings. The van der Waals surface area contributed by atoms with Gasteiger partial charge in [0.15, 0.2) is 0 Å². The maximum atomic E-state index is 13.2. The number of benzene rings is 2. The van der Waals surface area contributed by atoms with E-state index >= 15 is 0 Å². The minimum Gasteiger partial charge on any atom is -0.496 e. The summed E-state index contributed by atoms with van der Waals surface area (Å²) in [5.41, 5.74) is 9.28. The summed E-state index contributed by atoms with van der Waals surface area (Å²) in [6.45, 7) is 2.43. The van der Waals surface area contributed by atoms with Crippen LogP contribution in [0, 0.1) is 12.7 Å². The van der Waals surface area contributed by atoms with Crippen LogP contribution >= 0.6 is 0 Å². The van der Waals surface area contributed by atoms with Gasteiger partial charge in [0, 0.05) is 12.1 Å². The van der Waals surface area contributed by atoms with Crippen LogP contribution in [0.15, 0.2) is 36.4 Å². The first kappa shape index (κ1) is 13.2. The van der Waals surface area contributed by atoms with Crippen LogP contribution in [0.4, 0.5) is 15.8 Å². The Bertz CT molecular complexity index is 584. The summed E-state index contributed by atoms with van der Waals surface area (Å²) in [4.78, 5) is 0. The highest BCUT2D eigenvalue weighted by Gasteiger charge is 2.05. The van der Waals surface area contributed by atoms with E-state index in [0.717, 1.165) is 16.8 Å². The molecule has 0 aliphatic heterocycles. The van der Waals surface area contributed by atoms with E-state index in [4.69, 9.17) is 10.5 Å². The molecule has 0 aliphatic rings. The first-order valence-corrected chi connectivity index (χ1v) is 6.02. The zero-order valence-electron chi connectivity index (χ0n) is 11.0. The van der Waals surface area contributed by atoms with Crippen molar-refractivity contribution in [3.05, 3.63) is 53.3 Å². The summed E-state index contributed by atoms with van der Waals surface area (Å²) in [7, 11) is 1.57. The molecule has 0 aromatic heterocycles. The highest BCUT2D eigenvalue weighted by atomic mass is 19.1. The third kappa shape index (κ3) is 3.16. The molecule has 0 saturated heterocycles. The molecule has 0 amide bonds. The van der Waals surface area contributed by atoms with E-state index in [1.54, 1.807) is 13.2 Å². The van der Waals surface area contributed by atoms with Crippen molar-refractivity contribution in [1.29, 1.82) is 0 Å². The Hall–Kier alpha value is -2.23. The lowest BCUT2D eigenvalue weighted by atomic mass is 10.1. The molecule has 3 nitrogen and oxygen atoms in total. The lowest BCUT2D eigenvalue weighted by molar-refractivity contribution is 0.409. The predicted octanol–water partition coefficient (Wildman–Crippen LogP) is 3.34. The third-order valence-corrected chi connectivity index (χ3v) is 2.92. The minimum absolute atomic E-state index is 0.283. The van der Waals surface area contributed by atoms with Gasteiger partial charge < -0.3 is 15.8 Å². The molecule has 4 heteroatoms. The fourth-order valence-electron chi connectivity index (χ4n) is 1.92. The average molecular weight is 260 g/mol. The predicted molar refractivity (Wildman–Crippen MR) is 75.9 cm³/mol. The number of methoxy groups -OCH3 is 1. The number of halogens is 1. The molecule has 0 radical (unpaired) electrons. The quantitative estimate of drug-likeness (QED) is 0.829. The standard InChI is InChI=1S/C15H17FN2O/c1-10-3-5-14(13(17)7-10)18-9-11-8-12(16)4-6-15(11)19-2/h3-8,18H,9,17H2,1-2H3. The Morgan fingerprint density at radius 1 is 1.21 bits per heavy atom. The number of rotatable bonds is 4. The van der Waals surface area contributed by atoms with Gasteiger partial charge in [0.25, 0.3) is 0 Å². The van der Waals surface area contributed by atoms with Gasteiger partial charge in [-0.3, -0.25) is 0 Å². The summed E-state index contributed by atoms with van der Waals surface area (Å²) >= 11 is 0. The second-order valence-electron chi connectivity index (χ2n) is 4.40. The summed E-state index contributed by atoms with van der Waals surface area (Å²) < 4.78 is 18.4. The van der Waals surface area contributed by atoms with E-state index in [2.05, 4.69) is 5.32 Å². The number of aryl methyl sites for hydroxylation is 1. The molecule has 0 bridgehead atoms. The molecule has 100 valence electrons. The lowest BCUT2D eigenvalue weighted by Crippen LogP contribution is -2.04. The molecule has 0 spiro atoms. The third-order valence-electron chi connectivity index (χ3n) is 2.92. The number of nitrogen functional groups attached to an aromatic ring is 1. The average Bonchev–Trinajstić information content (AvgIpc) is 2.38.